The standard InChI is InChI=1S/C13H22N2OS/c1-5-15(4)8-6-7-14-11-10(9(2)3)12(16)13(11)17/h9,14H,5-8H2,1-4H3. The zero-order valence-corrected chi connectivity index (χ0v) is 12.0. The van der Waals surface area contributed by atoms with Crippen LogP contribution < -0.4 is 10.7 Å². The third kappa shape index (κ3) is 3.36. The van der Waals surface area contributed by atoms with E-state index in [1.165, 1.54) is 0 Å². The first-order valence-corrected chi connectivity index (χ1v) is 6.65. The molecular formula is C13H22N2OS. The smallest absolute Gasteiger partial charge is 0.204 e. The third-order valence-corrected chi connectivity index (χ3v) is 3.47. The van der Waals surface area contributed by atoms with Crippen LogP contribution in [-0.4, -0.2) is 31.6 Å². The topological polar surface area (TPSA) is 32.3 Å². The number of rotatable bonds is 7. The van der Waals surface area contributed by atoms with Gasteiger partial charge in [-0.05, 0) is 32.5 Å². The van der Waals surface area contributed by atoms with Gasteiger partial charge < -0.3 is 10.2 Å². The van der Waals surface area contributed by atoms with Gasteiger partial charge in [0.1, 0.15) is 4.51 Å². The van der Waals surface area contributed by atoms with E-state index in [-0.39, 0.29) is 11.3 Å². The lowest BCUT2D eigenvalue weighted by Gasteiger charge is -2.18. The molecule has 0 aliphatic carbocycles. The van der Waals surface area contributed by atoms with Crippen molar-refractivity contribution >= 4 is 17.9 Å². The zero-order valence-electron chi connectivity index (χ0n) is 11.2. The van der Waals surface area contributed by atoms with E-state index in [1.807, 2.05) is 13.8 Å². The molecule has 0 radical (unpaired) electrons. The lowest BCUT2D eigenvalue weighted by molar-refractivity contribution is 0.351. The molecule has 4 heteroatoms. The maximum atomic E-state index is 11.6. The highest BCUT2D eigenvalue weighted by atomic mass is 32.1. The van der Waals surface area contributed by atoms with E-state index in [2.05, 4.69) is 24.2 Å². The molecule has 0 aromatic heterocycles. The van der Waals surface area contributed by atoms with E-state index in [9.17, 15) is 4.79 Å². The Bertz CT molecular complexity index is 433. The molecule has 17 heavy (non-hydrogen) atoms. The van der Waals surface area contributed by atoms with Gasteiger partial charge in [-0.3, -0.25) is 4.79 Å². The van der Waals surface area contributed by atoms with Crippen LogP contribution in [0.4, 0.5) is 5.69 Å². The van der Waals surface area contributed by atoms with Crippen LogP contribution >= 0.6 is 12.2 Å². The Morgan fingerprint density at radius 2 is 2.06 bits per heavy atom. The predicted molar refractivity (Wildman–Crippen MR) is 76.3 cm³/mol. The van der Waals surface area contributed by atoms with Crippen LogP contribution in [0.2, 0.25) is 0 Å². The summed E-state index contributed by atoms with van der Waals surface area (Å²) in [5.74, 6) is 0.259. The highest BCUT2D eigenvalue weighted by Gasteiger charge is 2.19. The van der Waals surface area contributed by atoms with Crippen LogP contribution in [0.3, 0.4) is 0 Å². The van der Waals surface area contributed by atoms with E-state index in [0.717, 1.165) is 37.3 Å². The van der Waals surface area contributed by atoms with Gasteiger partial charge in [-0.2, -0.15) is 0 Å². The maximum Gasteiger partial charge on any atom is 0.204 e. The highest BCUT2D eigenvalue weighted by molar-refractivity contribution is 7.71. The van der Waals surface area contributed by atoms with Crippen molar-refractivity contribution in [2.45, 2.75) is 33.1 Å². The van der Waals surface area contributed by atoms with Crippen molar-refractivity contribution in [3.05, 3.63) is 20.3 Å². The number of nitrogens with one attached hydrogen (secondary N) is 1. The van der Waals surface area contributed by atoms with Gasteiger partial charge in [0.25, 0.3) is 0 Å². The molecule has 0 unspecified atom stereocenters. The minimum atomic E-state index is 0.0585. The Kier molecular flexibility index (Phi) is 5.28. The van der Waals surface area contributed by atoms with Gasteiger partial charge >= 0.3 is 0 Å². The fourth-order valence-electron chi connectivity index (χ4n) is 1.86. The minimum absolute atomic E-state index is 0.0585. The van der Waals surface area contributed by atoms with Crippen LogP contribution in [0.1, 0.15) is 38.7 Å². The first-order valence-electron chi connectivity index (χ1n) is 6.24. The molecule has 0 aliphatic heterocycles. The summed E-state index contributed by atoms with van der Waals surface area (Å²) >= 11 is 5.07. The normalized spacial score (nSPS) is 11.6. The largest absolute Gasteiger partial charge is 0.383 e. The molecule has 0 aliphatic rings. The average molecular weight is 254 g/mol. The molecule has 0 atom stereocenters. The van der Waals surface area contributed by atoms with Crippen LogP contribution in [0.5, 0.6) is 0 Å². The van der Waals surface area contributed by atoms with Crippen LogP contribution in [0, 0.1) is 4.51 Å². The molecule has 0 bridgehead atoms. The van der Waals surface area contributed by atoms with Crippen molar-refractivity contribution in [2.75, 3.05) is 32.0 Å². The fourth-order valence-corrected chi connectivity index (χ4v) is 2.15. The molecule has 1 aromatic carbocycles. The highest BCUT2D eigenvalue weighted by Crippen LogP contribution is 2.24. The average Bonchev–Trinajstić information content (AvgIpc) is 2.30. The molecular weight excluding hydrogens is 232 g/mol. The summed E-state index contributed by atoms with van der Waals surface area (Å²) in [6, 6.07) is 0. The summed E-state index contributed by atoms with van der Waals surface area (Å²) in [6.45, 7) is 9.21. The second kappa shape index (κ2) is 6.26. The summed E-state index contributed by atoms with van der Waals surface area (Å²) in [6.07, 6.45) is 1.07. The lowest BCUT2D eigenvalue weighted by Crippen LogP contribution is -2.25. The van der Waals surface area contributed by atoms with E-state index in [1.54, 1.807) is 0 Å². The van der Waals surface area contributed by atoms with E-state index < -0.39 is 0 Å². The summed E-state index contributed by atoms with van der Waals surface area (Å²) in [7, 11) is 2.11. The third-order valence-electron chi connectivity index (χ3n) is 3.08. The van der Waals surface area contributed by atoms with E-state index >= 15 is 0 Å². The molecule has 0 heterocycles. The van der Waals surface area contributed by atoms with Gasteiger partial charge in [-0.15, -0.1) is 0 Å². The van der Waals surface area contributed by atoms with Crippen LogP contribution in [0.25, 0.3) is 0 Å². The van der Waals surface area contributed by atoms with Gasteiger partial charge in [0.2, 0.25) is 5.43 Å². The van der Waals surface area contributed by atoms with Crippen molar-refractivity contribution in [1.82, 2.24) is 4.90 Å². The summed E-state index contributed by atoms with van der Waals surface area (Å²) in [5.41, 5.74) is 1.85. The molecule has 1 aromatic rings. The molecule has 96 valence electrons. The Morgan fingerprint density at radius 3 is 2.59 bits per heavy atom. The number of anilines is 1. The summed E-state index contributed by atoms with van der Waals surface area (Å²) in [5, 5.41) is 3.30. The van der Waals surface area contributed by atoms with Crippen LogP contribution in [-0.2, 0) is 0 Å². The van der Waals surface area contributed by atoms with Gasteiger partial charge in [0, 0.05) is 12.1 Å². The Balaban J connectivity index is 2.46. The Labute approximate surface area is 109 Å². The molecule has 0 saturated carbocycles. The van der Waals surface area contributed by atoms with Crippen molar-refractivity contribution in [3.63, 3.8) is 0 Å². The first kappa shape index (κ1) is 14.3. The number of hydrogen-bond acceptors (Lipinski definition) is 4. The molecule has 1 rings (SSSR count). The van der Waals surface area contributed by atoms with Crippen LogP contribution in [0.15, 0.2) is 4.79 Å². The molecule has 0 amide bonds. The van der Waals surface area contributed by atoms with Crippen molar-refractivity contribution < 1.29 is 0 Å². The molecule has 0 spiro atoms. The molecule has 3 nitrogen and oxygen atoms in total. The van der Waals surface area contributed by atoms with Gasteiger partial charge in [-0.1, -0.05) is 33.0 Å². The maximum absolute atomic E-state index is 11.6. The van der Waals surface area contributed by atoms with Crippen molar-refractivity contribution in [1.29, 1.82) is 0 Å². The monoisotopic (exact) mass is 254 g/mol. The number of nitrogens with zero attached hydrogens (tertiary/aromatic N) is 1. The quantitative estimate of drug-likeness (QED) is 0.598. The minimum Gasteiger partial charge on any atom is -0.383 e. The molecule has 1 N–H and O–H groups in total. The second-order valence-electron chi connectivity index (χ2n) is 4.78. The SMILES string of the molecule is CCN(C)CCCNc1c(C(C)C)c(=O)c1=S. The summed E-state index contributed by atoms with van der Waals surface area (Å²) < 4.78 is 0.484. The predicted octanol–water partition coefficient (Wildman–Crippen LogP) is 2.53. The lowest BCUT2D eigenvalue weighted by atomic mass is 9.96. The first-order chi connectivity index (χ1) is 7.99. The van der Waals surface area contributed by atoms with Crippen molar-refractivity contribution in [2.24, 2.45) is 0 Å². The van der Waals surface area contributed by atoms with Crippen molar-refractivity contribution in [3.8, 4) is 0 Å². The molecule has 0 saturated heterocycles. The molecule has 0 fully saturated rings. The van der Waals surface area contributed by atoms with Gasteiger partial charge in [-0.25, -0.2) is 0 Å². The van der Waals surface area contributed by atoms with Gasteiger partial charge in [0.05, 0.1) is 5.69 Å². The second-order valence-corrected chi connectivity index (χ2v) is 5.19. The number of hydrogen-bond donors (Lipinski definition) is 1. The van der Waals surface area contributed by atoms with E-state index in [4.69, 9.17) is 12.2 Å². The Morgan fingerprint density at radius 1 is 1.41 bits per heavy atom. The summed E-state index contributed by atoms with van der Waals surface area (Å²) in [4.78, 5) is 13.8. The van der Waals surface area contributed by atoms with Gasteiger partial charge in [0.15, 0.2) is 0 Å². The van der Waals surface area contributed by atoms with E-state index in [0.29, 0.717) is 4.51 Å². The zero-order chi connectivity index (χ0) is 13.0. The Hall–Kier alpha value is -0.740. The fraction of sp³-hybridized carbons (Fsp3) is 0.692.